The number of nitrogens with zero attached hydrogens (tertiary/aromatic N) is 3. The zero-order chi connectivity index (χ0) is 15.2. The minimum Gasteiger partial charge on any atom is -0.355 e. The van der Waals surface area contributed by atoms with E-state index in [2.05, 4.69) is 48.0 Å². The van der Waals surface area contributed by atoms with E-state index in [-0.39, 0.29) is 0 Å². The van der Waals surface area contributed by atoms with E-state index in [1.165, 1.54) is 25.7 Å². The van der Waals surface area contributed by atoms with Gasteiger partial charge in [0.2, 0.25) is 0 Å². The van der Waals surface area contributed by atoms with Gasteiger partial charge < -0.3 is 10.2 Å². The van der Waals surface area contributed by atoms with Crippen LogP contribution >= 0.6 is 0 Å². The van der Waals surface area contributed by atoms with Gasteiger partial charge in [-0.2, -0.15) is 0 Å². The maximum Gasteiger partial charge on any atom is 0.147 e. The van der Waals surface area contributed by atoms with Crippen molar-refractivity contribution in [3.05, 3.63) is 18.1 Å². The first kappa shape index (κ1) is 16.2. The summed E-state index contributed by atoms with van der Waals surface area (Å²) in [5, 5.41) is 3.40. The molecule has 0 saturated heterocycles. The van der Waals surface area contributed by atoms with E-state index in [1.807, 2.05) is 12.4 Å². The molecule has 1 N–H and O–H groups in total. The third-order valence-electron chi connectivity index (χ3n) is 4.48. The number of hydrogen-bond acceptors (Lipinski definition) is 4. The molecule has 1 aromatic heterocycles. The summed E-state index contributed by atoms with van der Waals surface area (Å²) in [4.78, 5) is 11.5. The normalized spacial score (nSPS) is 22.5. The van der Waals surface area contributed by atoms with Gasteiger partial charge in [-0.25, -0.2) is 4.98 Å². The van der Waals surface area contributed by atoms with Crippen LogP contribution in [0.2, 0.25) is 0 Å². The van der Waals surface area contributed by atoms with Crippen molar-refractivity contribution in [2.75, 3.05) is 18.5 Å². The molecule has 1 aliphatic rings. The Kier molecular flexibility index (Phi) is 5.97. The molecule has 2 rings (SSSR count). The highest BCUT2D eigenvalue weighted by Gasteiger charge is 2.25. The molecule has 0 aromatic carbocycles. The van der Waals surface area contributed by atoms with E-state index in [1.54, 1.807) is 0 Å². The summed E-state index contributed by atoms with van der Waals surface area (Å²) < 4.78 is 0. The Balaban J connectivity index is 1.91. The fourth-order valence-electron chi connectivity index (χ4n) is 3.15. The predicted octanol–water partition coefficient (Wildman–Crippen LogP) is 3.24. The topological polar surface area (TPSA) is 41.1 Å². The quantitative estimate of drug-likeness (QED) is 0.873. The second-order valence-corrected chi connectivity index (χ2v) is 6.83. The molecule has 0 bridgehead atoms. The minimum atomic E-state index is 0.609. The Bertz CT molecular complexity index is 415. The van der Waals surface area contributed by atoms with E-state index >= 15 is 0 Å². The zero-order valence-corrected chi connectivity index (χ0v) is 14.0. The third kappa shape index (κ3) is 4.67. The van der Waals surface area contributed by atoms with E-state index in [0.29, 0.717) is 12.0 Å². The fraction of sp³-hybridized carbons (Fsp3) is 0.765. The number of nitrogens with one attached hydrogen (secondary N) is 1. The van der Waals surface area contributed by atoms with E-state index in [9.17, 15) is 0 Å². The summed E-state index contributed by atoms with van der Waals surface area (Å²) in [5.74, 6) is 2.41. The number of hydrogen-bond donors (Lipinski definition) is 1. The molecule has 0 radical (unpaired) electrons. The maximum absolute atomic E-state index is 4.61. The van der Waals surface area contributed by atoms with Gasteiger partial charge >= 0.3 is 0 Å². The molecule has 1 aliphatic carbocycles. The largest absolute Gasteiger partial charge is 0.355 e. The number of aromatic nitrogens is 2. The molecular weight excluding hydrogens is 260 g/mol. The first-order valence-corrected chi connectivity index (χ1v) is 8.32. The van der Waals surface area contributed by atoms with Crippen molar-refractivity contribution in [2.24, 2.45) is 11.8 Å². The minimum absolute atomic E-state index is 0.609. The van der Waals surface area contributed by atoms with E-state index in [4.69, 9.17) is 0 Å². The molecule has 4 nitrogen and oxygen atoms in total. The van der Waals surface area contributed by atoms with Crippen LogP contribution in [-0.4, -0.2) is 29.6 Å². The van der Waals surface area contributed by atoms with Crippen molar-refractivity contribution >= 4 is 5.82 Å². The van der Waals surface area contributed by atoms with Crippen LogP contribution in [0, 0.1) is 11.8 Å². The summed E-state index contributed by atoms with van der Waals surface area (Å²) in [7, 11) is 2.16. The van der Waals surface area contributed by atoms with Gasteiger partial charge in [-0.3, -0.25) is 4.98 Å². The van der Waals surface area contributed by atoms with E-state index < -0.39 is 0 Å². The Labute approximate surface area is 129 Å². The van der Waals surface area contributed by atoms with Gasteiger partial charge in [-0.05, 0) is 31.2 Å². The van der Waals surface area contributed by atoms with Crippen molar-refractivity contribution in [3.8, 4) is 0 Å². The molecule has 118 valence electrons. The van der Waals surface area contributed by atoms with Gasteiger partial charge in [0.25, 0.3) is 0 Å². The molecule has 1 aromatic rings. The number of rotatable bonds is 6. The van der Waals surface area contributed by atoms with Crippen LogP contribution in [0.1, 0.15) is 52.1 Å². The van der Waals surface area contributed by atoms with Crippen LogP contribution < -0.4 is 10.2 Å². The highest BCUT2D eigenvalue weighted by atomic mass is 15.2. The molecule has 1 fully saturated rings. The molecule has 4 heteroatoms. The van der Waals surface area contributed by atoms with Gasteiger partial charge in [0.15, 0.2) is 0 Å². The monoisotopic (exact) mass is 290 g/mol. The molecule has 1 saturated carbocycles. The number of anilines is 1. The SMILES string of the molecule is CC(C)CNCc1cnc(N(C)C2CCCCC2C)cn1. The Morgan fingerprint density at radius 2 is 2.00 bits per heavy atom. The van der Waals surface area contributed by atoms with Crippen LogP contribution in [0.15, 0.2) is 12.4 Å². The second kappa shape index (κ2) is 7.74. The Hall–Kier alpha value is -1.16. The van der Waals surface area contributed by atoms with Crippen molar-refractivity contribution in [1.82, 2.24) is 15.3 Å². The highest BCUT2D eigenvalue weighted by Crippen LogP contribution is 2.29. The molecule has 0 aliphatic heterocycles. The van der Waals surface area contributed by atoms with Crippen molar-refractivity contribution < 1.29 is 0 Å². The van der Waals surface area contributed by atoms with Crippen LogP contribution in [-0.2, 0) is 6.54 Å². The van der Waals surface area contributed by atoms with Gasteiger partial charge in [-0.15, -0.1) is 0 Å². The molecule has 2 atom stereocenters. The lowest BCUT2D eigenvalue weighted by molar-refractivity contribution is 0.320. The summed E-state index contributed by atoms with van der Waals surface area (Å²) in [6, 6.07) is 0.609. The highest BCUT2D eigenvalue weighted by molar-refractivity contribution is 5.36. The van der Waals surface area contributed by atoms with Crippen molar-refractivity contribution in [2.45, 2.75) is 59.0 Å². The van der Waals surface area contributed by atoms with Gasteiger partial charge in [-0.1, -0.05) is 33.6 Å². The molecule has 1 heterocycles. The lowest BCUT2D eigenvalue weighted by Gasteiger charge is -2.36. The lowest BCUT2D eigenvalue weighted by Crippen LogP contribution is -2.39. The van der Waals surface area contributed by atoms with Crippen LogP contribution in [0.4, 0.5) is 5.82 Å². The van der Waals surface area contributed by atoms with Crippen molar-refractivity contribution in [3.63, 3.8) is 0 Å². The summed E-state index contributed by atoms with van der Waals surface area (Å²) in [5.41, 5.74) is 1.02. The van der Waals surface area contributed by atoms with Gasteiger partial charge in [0.1, 0.15) is 5.82 Å². The third-order valence-corrected chi connectivity index (χ3v) is 4.48. The summed E-state index contributed by atoms with van der Waals surface area (Å²) in [6.07, 6.45) is 9.15. The Morgan fingerprint density at radius 1 is 1.24 bits per heavy atom. The Morgan fingerprint density at radius 3 is 2.62 bits per heavy atom. The predicted molar refractivity (Wildman–Crippen MR) is 88.4 cm³/mol. The second-order valence-electron chi connectivity index (χ2n) is 6.83. The van der Waals surface area contributed by atoms with Crippen LogP contribution in [0.5, 0.6) is 0 Å². The molecule has 2 unspecified atom stereocenters. The van der Waals surface area contributed by atoms with Gasteiger partial charge in [0, 0.05) is 19.6 Å². The maximum atomic E-state index is 4.61. The average Bonchev–Trinajstić information content (AvgIpc) is 2.47. The van der Waals surface area contributed by atoms with Crippen molar-refractivity contribution in [1.29, 1.82) is 0 Å². The molecular formula is C17H30N4. The fourth-order valence-corrected chi connectivity index (χ4v) is 3.15. The molecule has 21 heavy (non-hydrogen) atoms. The molecule has 0 spiro atoms. The smallest absolute Gasteiger partial charge is 0.147 e. The summed E-state index contributed by atoms with van der Waals surface area (Å²) >= 11 is 0. The lowest BCUT2D eigenvalue weighted by atomic mass is 9.85. The van der Waals surface area contributed by atoms with Crippen LogP contribution in [0.3, 0.4) is 0 Å². The average molecular weight is 290 g/mol. The molecule has 0 amide bonds. The van der Waals surface area contributed by atoms with Crippen LogP contribution in [0.25, 0.3) is 0 Å². The first-order chi connectivity index (χ1) is 10.1. The summed E-state index contributed by atoms with van der Waals surface area (Å²) in [6.45, 7) is 8.60. The van der Waals surface area contributed by atoms with Gasteiger partial charge in [0.05, 0.1) is 18.1 Å². The first-order valence-electron chi connectivity index (χ1n) is 8.32. The zero-order valence-electron chi connectivity index (χ0n) is 14.0. The van der Waals surface area contributed by atoms with E-state index in [0.717, 1.165) is 30.5 Å². The standard InChI is InChI=1S/C17H30N4/c1-13(2)9-18-10-15-11-20-17(12-19-15)21(4)16-8-6-5-7-14(16)3/h11-14,16,18H,5-10H2,1-4H3.